The van der Waals surface area contributed by atoms with Crippen LogP contribution in [0.15, 0.2) is 23.0 Å². The molecule has 1 heterocycles. The molecule has 1 amide bonds. The van der Waals surface area contributed by atoms with Crippen LogP contribution in [-0.2, 0) is 6.54 Å². The van der Waals surface area contributed by atoms with Crippen LogP contribution in [0.4, 0.5) is 0 Å². The van der Waals surface area contributed by atoms with Gasteiger partial charge in [0.15, 0.2) is 11.5 Å². The molecule has 0 spiro atoms. The van der Waals surface area contributed by atoms with Crippen molar-refractivity contribution in [3.8, 4) is 17.2 Å². The van der Waals surface area contributed by atoms with Crippen molar-refractivity contribution in [2.45, 2.75) is 13.5 Å². The first-order valence-corrected chi connectivity index (χ1v) is 7.13. The third-order valence-electron chi connectivity index (χ3n) is 3.29. The van der Waals surface area contributed by atoms with Gasteiger partial charge in [-0.2, -0.15) is 0 Å². The number of hydrogen-bond donors (Lipinski definition) is 2. The molecule has 24 heavy (non-hydrogen) atoms. The highest BCUT2D eigenvalue weighted by atomic mass is 16.5. The van der Waals surface area contributed by atoms with Gasteiger partial charge in [0.1, 0.15) is 11.6 Å². The van der Waals surface area contributed by atoms with Crippen LogP contribution in [0.2, 0.25) is 0 Å². The van der Waals surface area contributed by atoms with Crippen LogP contribution in [0.1, 0.15) is 21.9 Å². The van der Waals surface area contributed by atoms with E-state index in [2.05, 4.69) is 15.3 Å². The van der Waals surface area contributed by atoms with Gasteiger partial charge in [-0.15, -0.1) is 0 Å². The molecule has 2 N–H and O–H groups in total. The molecule has 0 aliphatic heterocycles. The SMILES string of the molecule is COc1cc(OC)c(C(=O)NCc2cc(=O)[nH]c(C)n2)cc1OC. The van der Waals surface area contributed by atoms with Crippen LogP contribution in [0.5, 0.6) is 17.2 Å². The summed E-state index contributed by atoms with van der Waals surface area (Å²) in [5.41, 5.74) is 0.483. The third kappa shape index (κ3) is 3.83. The number of ether oxygens (including phenoxy) is 3. The summed E-state index contributed by atoms with van der Waals surface area (Å²) >= 11 is 0. The molecule has 0 unspecified atom stereocenters. The maximum Gasteiger partial charge on any atom is 0.255 e. The smallest absolute Gasteiger partial charge is 0.255 e. The number of aromatic nitrogens is 2. The van der Waals surface area contributed by atoms with Gasteiger partial charge in [0.25, 0.3) is 11.5 Å². The topological polar surface area (TPSA) is 103 Å². The number of nitrogens with zero attached hydrogens (tertiary/aromatic N) is 1. The molecule has 8 heteroatoms. The molecule has 8 nitrogen and oxygen atoms in total. The summed E-state index contributed by atoms with van der Waals surface area (Å²) in [6.07, 6.45) is 0. The Morgan fingerprint density at radius 1 is 1.08 bits per heavy atom. The molecule has 0 aliphatic rings. The summed E-state index contributed by atoms with van der Waals surface area (Å²) in [6.45, 7) is 1.78. The van der Waals surface area contributed by atoms with E-state index in [1.165, 1.54) is 33.5 Å². The van der Waals surface area contributed by atoms with Gasteiger partial charge in [-0.3, -0.25) is 9.59 Å². The molecule has 1 aromatic carbocycles. The molecule has 1 aromatic heterocycles. The van der Waals surface area contributed by atoms with E-state index in [-0.39, 0.29) is 23.6 Å². The zero-order valence-electron chi connectivity index (χ0n) is 13.9. The Bertz CT molecular complexity index is 801. The number of hydrogen-bond acceptors (Lipinski definition) is 6. The molecule has 0 saturated carbocycles. The van der Waals surface area contributed by atoms with Crippen LogP contribution in [0.3, 0.4) is 0 Å². The van der Waals surface area contributed by atoms with Crippen LogP contribution >= 0.6 is 0 Å². The summed E-state index contributed by atoms with van der Waals surface area (Å²) < 4.78 is 15.6. The number of nitrogens with one attached hydrogen (secondary N) is 2. The number of H-pyrrole nitrogens is 1. The lowest BCUT2D eigenvalue weighted by atomic mass is 10.1. The molecular formula is C16H19N3O5. The molecule has 0 saturated heterocycles. The van der Waals surface area contributed by atoms with Gasteiger partial charge in [-0.25, -0.2) is 4.98 Å². The summed E-state index contributed by atoms with van der Waals surface area (Å²) in [6, 6.07) is 4.44. The minimum Gasteiger partial charge on any atom is -0.496 e. The molecule has 128 valence electrons. The van der Waals surface area contributed by atoms with Crippen molar-refractivity contribution in [1.29, 1.82) is 0 Å². The van der Waals surface area contributed by atoms with E-state index in [0.717, 1.165) is 0 Å². The zero-order chi connectivity index (χ0) is 17.7. The van der Waals surface area contributed by atoms with Crippen molar-refractivity contribution in [3.05, 3.63) is 45.6 Å². The third-order valence-corrected chi connectivity index (χ3v) is 3.29. The second-order valence-electron chi connectivity index (χ2n) is 4.91. The number of rotatable bonds is 6. The maximum atomic E-state index is 12.4. The Morgan fingerprint density at radius 3 is 2.29 bits per heavy atom. The zero-order valence-corrected chi connectivity index (χ0v) is 13.9. The minimum atomic E-state index is -0.382. The highest BCUT2D eigenvalue weighted by molar-refractivity contribution is 5.97. The number of aromatic amines is 1. The highest BCUT2D eigenvalue weighted by Gasteiger charge is 2.17. The van der Waals surface area contributed by atoms with E-state index in [0.29, 0.717) is 28.8 Å². The predicted molar refractivity (Wildman–Crippen MR) is 86.9 cm³/mol. The molecule has 0 bridgehead atoms. The van der Waals surface area contributed by atoms with Crippen molar-refractivity contribution in [3.63, 3.8) is 0 Å². The van der Waals surface area contributed by atoms with Gasteiger partial charge in [0.2, 0.25) is 0 Å². The number of carbonyl (C=O) groups is 1. The van der Waals surface area contributed by atoms with Crippen molar-refractivity contribution in [1.82, 2.24) is 15.3 Å². The Kier molecular flexibility index (Phi) is 5.41. The van der Waals surface area contributed by atoms with Crippen LogP contribution < -0.4 is 25.1 Å². The number of aryl methyl sites for hydroxylation is 1. The molecule has 2 rings (SSSR count). The number of benzene rings is 1. The molecule has 0 fully saturated rings. The summed E-state index contributed by atoms with van der Waals surface area (Å²) in [5.74, 6) is 1.31. The Morgan fingerprint density at radius 2 is 1.71 bits per heavy atom. The average Bonchev–Trinajstić information content (AvgIpc) is 2.57. The van der Waals surface area contributed by atoms with E-state index in [9.17, 15) is 9.59 Å². The van der Waals surface area contributed by atoms with Crippen molar-refractivity contribution >= 4 is 5.91 Å². The maximum absolute atomic E-state index is 12.4. The van der Waals surface area contributed by atoms with Crippen molar-refractivity contribution in [2.24, 2.45) is 0 Å². The van der Waals surface area contributed by atoms with E-state index < -0.39 is 0 Å². The van der Waals surface area contributed by atoms with Crippen molar-refractivity contribution in [2.75, 3.05) is 21.3 Å². The minimum absolute atomic E-state index is 0.112. The van der Waals surface area contributed by atoms with E-state index in [4.69, 9.17) is 14.2 Å². The Labute approximate surface area is 138 Å². The predicted octanol–water partition coefficient (Wildman–Crippen LogP) is 1.03. The largest absolute Gasteiger partial charge is 0.496 e. The molecule has 2 aromatic rings. The molecule has 0 radical (unpaired) electrons. The second-order valence-corrected chi connectivity index (χ2v) is 4.91. The first-order chi connectivity index (χ1) is 11.5. The first kappa shape index (κ1) is 17.3. The lowest BCUT2D eigenvalue weighted by molar-refractivity contribution is 0.0947. The monoisotopic (exact) mass is 333 g/mol. The normalized spacial score (nSPS) is 10.2. The standard InChI is InChI=1S/C16H19N3O5/c1-9-18-10(5-15(20)19-9)8-17-16(21)11-6-13(23-3)14(24-4)7-12(11)22-2/h5-7H,8H2,1-4H3,(H,17,21)(H,18,19,20). The van der Waals surface area contributed by atoms with Gasteiger partial charge in [-0.1, -0.05) is 0 Å². The van der Waals surface area contributed by atoms with Gasteiger partial charge in [0.05, 0.1) is 39.1 Å². The van der Waals surface area contributed by atoms with Gasteiger partial charge in [-0.05, 0) is 6.92 Å². The number of carbonyl (C=O) groups excluding carboxylic acids is 1. The van der Waals surface area contributed by atoms with E-state index >= 15 is 0 Å². The van der Waals surface area contributed by atoms with Gasteiger partial charge < -0.3 is 24.5 Å². The summed E-state index contributed by atoms with van der Waals surface area (Å²) in [7, 11) is 4.44. The van der Waals surface area contributed by atoms with E-state index in [1.54, 1.807) is 13.0 Å². The fourth-order valence-corrected chi connectivity index (χ4v) is 2.20. The lowest BCUT2D eigenvalue weighted by Crippen LogP contribution is -2.25. The first-order valence-electron chi connectivity index (χ1n) is 7.13. The van der Waals surface area contributed by atoms with Crippen molar-refractivity contribution < 1.29 is 19.0 Å². The number of methoxy groups -OCH3 is 3. The number of amides is 1. The molecular weight excluding hydrogens is 314 g/mol. The summed E-state index contributed by atoms with van der Waals surface area (Å²) in [5, 5.41) is 2.70. The van der Waals surface area contributed by atoms with Crippen LogP contribution in [-0.4, -0.2) is 37.2 Å². The molecule has 0 atom stereocenters. The Hall–Kier alpha value is -3.03. The van der Waals surface area contributed by atoms with E-state index in [1.807, 2.05) is 0 Å². The van der Waals surface area contributed by atoms with Gasteiger partial charge >= 0.3 is 0 Å². The summed E-state index contributed by atoms with van der Waals surface area (Å²) in [4.78, 5) is 30.6. The average molecular weight is 333 g/mol. The molecule has 0 aliphatic carbocycles. The second kappa shape index (κ2) is 7.49. The highest BCUT2D eigenvalue weighted by Crippen LogP contribution is 2.34. The van der Waals surface area contributed by atoms with Crippen LogP contribution in [0, 0.1) is 6.92 Å². The van der Waals surface area contributed by atoms with Crippen LogP contribution in [0.25, 0.3) is 0 Å². The quantitative estimate of drug-likeness (QED) is 0.819. The fraction of sp³-hybridized carbons (Fsp3) is 0.312. The Balaban J connectivity index is 2.24. The fourth-order valence-electron chi connectivity index (χ4n) is 2.20. The van der Waals surface area contributed by atoms with Gasteiger partial charge in [0, 0.05) is 18.2 Å². The lowest BCUT2D eigenvalue weighted by Gasteiger charge is -2.14.